The summed E-state index contributed by atoms with van der Waals surface area (Å²) < 4.78 is 0. The van der Waals surface area contributed by atoms with E-state index >= 15 is 0 Å². The fourth-order valence-corrected chi connectivity index (χ4v) is 1.38. The molecule has 1 aromatic rings. The van der Waals surface area contributed by atoms with Gasteiger partial charge in [0.25, 0.3) is 0 Å². The van der Waals surface area contributed by atoms with Crippen LogP contribution in [0.15, 0.2) is 12.1 Å². The van der Waals surface area contributed by atoms with Crippen LogP contribution in [-0.4, -0.2) is 22.9 Å². The van der Waals surface area contributed by atoms with Gasteiger partial charge < -0.3 is 26.5 Å². The summed E-state index contributed by atoms with van der Waals surface area (Å²) >= 11 is 0. The van der Waals surface area contributed by atoms with Crippen LogP contribution in [0.1, 0.15) is 22.3 Å². The van der Waals surface area contributed by atoms with E-state index in [2.05, 4.69) is 5.73 Å². The van der Waals surface area contributed by atoms with E-state index in [4.69, 9.17) is 5.73 Å². The molecule has 1 rings (SSSR count). The second kappa shape index (κ2) is 4.84. The molecule has 0 bridgehead atoms. The number of hydrogen-bond acceptors (Lipinski definition) is 5. The Morgan fingerprint density at radius 3 is 2.65 bits per heavy atom. The van der Waals surface area contributed by atoms with Crippen molar-refractivity contribution in [3.63, 3.8) is 0 Å². The Balaban J connectivity index is 2.98. The lowest BCUT2D eigenvalue weighted by Gasteiger charge is -2.11. The monoisotopic (exact) mass is 238 g/mol. The maximum atomic E-state index is 11.7. The summed E-state index contributed by atoms with van der Waals surface area (Å²) in [5.74, 6) is -2.04. The highest BCUT2D eigenvalue weighted by Crippen LogP contribution is 2.28. The number of rotatable bonds is 4. The first-order chi connectivity index (χ1) is 7.84. The minimum atomic E-state index is -1.40. The zero-order valence-corrected chi connectivity index (χ0v) is 9.40. The highest BCUT2D eigenvalue weighted by atomic mass is 16.4. The van der Waals surface area contributed by atoms with Crippen LogP contribution in [-0.2, 0) is 4.79 Å². The van der Waals surface area contributed by atoms with Gasteiger partial charge >= 0.3 is 0 Å². The van der Waals surface area contributed by atoms with Gasteiger partial charge in [0.05, 0.1) is 18.1 Å². The van der Waals surface area contributed by atoms with Crippen LogP contribution in [0.2, 0.25) is 0 Å². The fourth-order valence-electron chi connectivity index (χ4n) is 1.38. The summed E-state index contributed by atoms with van der Waals surface area (Å²) in [6.07, 6.45) is -0.310. The molecule has 0 spiro atoms. The number of carbonyl (C=O) groups excluding carboxylic acids is 2. The number of carboxylic acid groups (broad SMARTS) is 1. The summed E-state index contributed by atoms with van der Waals surface area (Å²) in [7, 11) is 0. The number of quaternary nitrogens is 1. The molecule has 0 saturated heterocycles. The Bertz CT molecular complexity index is 471. The van der Waals surface area contributed by atoms with Gasteiger partial charge in [-0.25, -0.2) is 0 Å². The molecule has 1 atom stereocenters. The number of ketones is 1. The number of phenols is 1. The predicted molar refractivity (Wildman–Crippen MR) is 57.9 cm³/mol. The molecule has 0 fully saturated rings. The van der Waals surface area contributed by atoms with Gasteiger partial charge in [-0.3, -0.25) is 4.79 Å². The smallest absolute Gasteiger partial charge is 0.171 e. The van der Waals surface area contributed by atoms with E-state index < -0.39 is 17.8 Å². The van der Waals surface area contributed by atoms with Gasteiger partial charge in [-0.1, -0.05) is 6.07 Å². The summed E-state index contributed by atoms with van der Waals surface area (Å²) in [6, 6.07) is 1.86. The molecule has 0 radical (unpaired) electrons. The minimum Gasteiger partial charge on any atom is -0.544 e. The summed E-state index contributed by atoms with van der Waals surface area (Å²) in [5, 5.41) is 20.0. The molecule has 0 heterocycles. The number of Topliss-reactive ketones (excluding diaryl/α,β-unsaturated/α-hetero) is 1. The zero-order valence-electron chi connectivity index (χ0n) is 9.40. The summed E-state index contributed by atoms with van der Waals surface area (Å²) in [5.41, 5.74) is 9.47. The summed E-state index contributed by atoms with van der Waals surface area (Å²) in [6.45, 7) is 1.64. The van der Waals surface area contributed by atoms with Crippen molar-refractivity contribution >= 4 is 17.4 Å². The molecule has 0 aliphatic carbocycles. The van der Waals surface area contributed by atoms with Crippen molar-refractivity contribution in [3.05, 3.63) is 23.3 Å². The second-order valence-corrected chi connectivity index (χ2v) is 3.84. The molecule has 0 unspecified atom stereocenters. The molecule has 1 aromatic carbocycles. The first-order valence-electron chi connectivity index (χ1n) is 4.99. The molecule has 17 heavy (non-hydrogen) atoms. The number of carbonyl (C=O) groups is 2. The van der Waals surface area contributed by atoms with Crippen molar-refractivity contribution < 1.29 is 25.5 Å². The number of aliphatic carboxylic acids is 1. The third-order valence-electron chi connectivity index (χ3n) is 2.48. The lowest BCUT2D eigenvalue weighted by Crippen LogP contribution is -2.68. The van der Waals surface area contributed by atoms with Gasteiger partial charge in [-0.15, -0.1) is 0 Å². The van der Waals surface area contributed by atoms with Crippen LogP contribution in [0.25, 0.3) is 0 Å². The van der Waals surface area contributed by atoms with Crippen LogP contribution in [0.5, 0.6) is 5.75 Å². The largest absolute Gasteiger partial charge is 0.544 e. The van der Waals surface area contributed by atoms with Crippen molar-refractivity contribution in [1.82, 2.24) is 0 Å². The SMILES string of the molecule is Cc1ccc(C(=O)C[C@H]([NH3+])C(=O)[O-])c(N)c1O. The molecule has 0 amide bonds. The molecule has 6 nitrogen and oxygen atoms in total. The highest BCUT2D eigenvalue weighted by Gasteiger charge is 2.19. The Labute approximate surface area is 97.8 Å². The number of anilines is 1. The lowest BCUT2D eigenvalue weighted by atomic mass is 10.0. The maximum absolute atomic E-state index is 11.7. The second-order valence-electron chi connectivity index (χ2n) is 3.84. The summed E-state index contributed by atoms with van der Waals surface area (Å²) in [4.78, 5) is 22.2. The number of aromatic hydroxyl groups is 1. The molecule has 92 valence electrons. The van der Waals surface area contributed by atoms with Crippen molar-refractivity contribution in [2.45, 2.75) is 19.4 Å². The van der Waals surface area contributed by atoms with Gasteiger partial charge in [-0.2, -0.15) is 0 Å². The van der Waals surface area contributed by atoms with Crippen molar-refractivity contribution in [2.75, 3.05) is 5.73 Å². The van der Waals surface area contributed by atoms with Crippen molar-refractivity contribution in [2.24, 2.45) is 0 Å². The standard InChI is InChI=1S/C11H14N2O4/c1-5-2-3-6(9(13)10(5)15)8(14)4-7(12)11(16)17/h2-3,7,15H,4,12-13H2,1H3,(H,16,17)/t7-/m0/s1. The molecule has 6 heteroatoms. The minimum absolute atomic E-state index is 0.0412. The van der Waals surface area contributed by atoms with Crippen LogP contribution in [0, 0.1) is 6.92 Å². The van der Waals surface area contributed by atoms with E-state index in [1.807, 2.05) is 0 Å². The number of hydrogen-bond donors (Lipinski definition) is 3. The molecule has 0 aliphatic heterocycles. The topological polar surface area (TPSA) is 131 Å². The number of phenolic OH excluding ortho intramolecular Hbond substituents is 1. The van der Waals surface area contributed by atoms with E-state index in [0.29, 0.717) is 5.56 Å². The van der Waals surface area contributed by atoms with Crippen LogP contribution in [0.4, 0.5) is 5.69 Å². The van der Waals surface area contributed by atoms with Gasteiger partial charge in [0.1, 0.15) is 11.8 Å². The Morgan fingerprint density at radius 2 is 2.12 bits per heavy atom. The van der Waals surface area contributed by atoms with E-state index in [0.717, 1.165) is 0 Å². The fraction of sp³-hybridized carbons (Fsp3) is 0.273. The average Bonchev–Trinajstić information content (AvgIpc) is 2.25. The van der Waals surface area contributed by atoms with E-state index in [-0.39, 0.29) is 23.4 Å². The van der Waals surface area contributed by atoms with E-state index in [1.54, 1.807) is 6.92 Å². The van der Waals surface area contributed by atoms with Gasteiger partial charge in [0, 0.05) is 5.56 Å². The number of nitrogens with two attached hydrogens (primary N) is 1. The third kappa shape index (κ3) is 2.73. The van der Waals surface area contributed by atoms with E-state index in [1.165, 1.54) is 12.1 Å². The molecule has 6 N–H and O–H groups in total. The number of benzene rings is 1. The third-order valence-corrected chi connectivity index (χ3v) is 2.48. The molecule has 0 aromatic heterocycles. The van der Waals surface area contributed by atoms with Gasteiger partial charge in [0.15, 0.2) is 5.78 Å². The molecule has 0 saturated carbocycles. The van der Waals surface area contributed by atoms with Crippen molar-refractivity contribution in [3.8, 4) is 5.75 Å². The Kier molecular flexibility index (Phi) is 3.69. The normalized spacial score (nSPS) is 12.1. The molecule has 0 aliphatic rings. The van der Waals surface area contributed by atoms with Crippen LogP contribution >= 0.6 is 0 Å². The quantitative estimate of drug-likeness (QED) is 0.324. The van der Waals surface area contributed by atoms with Gasteiger partial charge in [-0.05, 0) is 18.6 Å². The van der Waals surface area contributed by atoms with Crippen LogP contribution < -0.4 is 16.6 Å². The highest BCUT2D eigenvalue weighted by molar-refractivity contribution is 6.03. The predicted octanol–water partition coefficient (Wildman–Crippen LogP) is -1.78. The first-order valence-corrected chi connectivity index (χ1v) is 4.99. The number of nitrogen functional groups attached to an aromatic ring is 1. The number of aryl methyl sites for hydroxylation is 1. The average molecular weight is 238 g/mol. The van der Waals surface area contributed by atoms with Crippen molar-refractivity contribution in [1.29, 1.82) is 0 Å². The van der Waals surface area contributed by atoms with Crippen LogP contribution in [0.3, 0.4) is 0 Å². The Hall–Kier alpha value is -2.08. The Morgan fingerprint density at radius 1 is 1.53 bits per heavy atom. The van der Waals surface area contributed by atoms with Gasteiger partial charge in [0.2, 0.25) is 0 Å². The van der Waals surface area contributed by atoms with E-state index in [9.17, 15) is 19.8 Å². The number of carboxylic acids is 1. The first kappa shape index (κ1) is 13.0. The molecular formula is C11H14N2O4. The zero-order chi connectivity index (χ0) is 13.2. The maximum Gasteiger partial charge on any atom is 0.171 e. The molecular weight excluding hydrogens is 224 g/mol. The lowest BCUT2D eigenvalue weighted by molar-refractivity contribution is -0.435.